The molecule has 0 aliphatic heterocycles. The fourth-order valence-electron chi connectivity index (χ4n) is 1.54. The number of aryl methyl sites for hydroxylation is 1. The van der Waals surface area contributed by atoms with E-state index < -0.39 is 5.82 Å². The van der Waals surface area contributed by atoms with Crippen molar-refractivity contribution in [2.75, 3.05) is 5.73 Å². The van der Waals surface area contributed by atoms with Crippen molar-refractivity contribution in [3.63, 3.8) is 0 Å². The first-order valence-corrected chi connectivity index (χ1v) is 5.28. The Bertz CT molecular complexity index is 522. The average Bonchev–Trinajstić information content (AvgIpc) is 2.64. The molecule has 0 amide bonds. The van der Waals surface area contributed by atoms with Crippen LogP contribution in [0.5, 0.6) is 0 Å². The van der Waals surface area contributed by atoms with Gasteiger partial charge >= 0.3 is 0 Å². The Morgan fingerprint density at radius 1 is 1.50 bits per heavy atom. The second-order valence-corrected chi connectivity index (χ2v) is 3.77. The van der Waals surface area contributed by atoms with Crippen LogP contribution in [0.4, 0.5) is 10.2 Å². The summed E-state index contributed by atoms with van der Waals surface area (Å²) in [6, 6.07) is 4.78. The summed E-state index contributed by atoms with van der Waals surface area (Å²) < 4.78 is 15.5. The Morgan fingerprint density at radius 3 is 2.88 bits per heavy atom. The molecule has 3 nitrogen and oxygen atoms in total. The average molecular weight is 240 g/mol. The number of aromatic nitrogens is 2. The van der Waals surface area contributed by atoms with Gasteiger partial charge in [-0.25, -0.2) is 9.37 Å². The Morgan fingerprint density at radius 2 is 2.25 bits per heavy atom. The van der Waals surface area contributed by atoms with Gasteiger partial charge in [0.1, 0.15) is 11.5 Å². The van der Waals surface area contributed by atoms with E-state index in [2.05, 4.69) is 4.98 Å². The highest BCUT2D eigenvalue weighted by Gasteiger charge is 2.14. The Hall–Kier alpha value is -1.55. The van der Waals surface area contributed by atoms with Crippen LogP contribution in [0.3, 0.4) is 0 Å². The normalized spacial score (nSPS) is 10.7. The molecule has 0 fully saturated rings. The summed E-state index contributed by atoms with van der Waals surface area (Å²) in [5.41, 5.74) is 6.62. The Kier molecular flexibility index (Phi) is 2.83. The molecule has 2 aromatic rings. The van der Waals surface area contributed by atoms with Crippen molar-refractivity contribution in [2.45, 2.75) is 13.5 Å². The standard InChI is InChI=1S/C11H11ClFN3/c1-2-16-6-15-10(11(16)14)7-4-3-5-8(12)9(7)13/h3-6H,2,14H2,1H3. The van der Waals surface area contributed by atoms with Crippen LogP contribution in [0.15, 0.2) is 24.5 Å². The van der Waals surface area contributed by atoms with E-state index in [9.17, 15) is 4.39 Å². The van der Waals surface area contributed by atoms with Crippen molar-refractivity contribution in [1.82, 2.24) is 9.55 Å². The van der Waals surface area contributed by atoms with Gasteiger partial charge in [0.05, 0.1) is 11.3 Å². The molecule has 1 aromatic heterocycles. The van der Waals surface area contributed by atoms with E-state index in [4.69, 9.17) is 17.3 Å². The third-order valence-electron chi connectivity index (χ3n) is 2.43. The summed E-state index contributed by atoms with van der Waals surface area (Å²) >= 11 is 5.71. The lowest BCUT2D eigenvalue weighted by atomic mass is 10.1. The highest BCUT2D eigenvalue weighted by atomic mass is 35.5. The number of nitrogen functional groups attached to an aromatic ring is 1. The van der Waals surface area contributed by atoms with Crippen LogP contribution in [-0.4, -0.2) is 9.55 Å². The number of anilines is 1. The summed E-state index contributed by atoms with van der Waals surface area (Å²) in [7, 11) is 0. The number of nitrogens with two attached hydrogens (primary N) is 1. The fourth-order valence-corrected chi connectivity index (χ4v) is 1.71. The number of nitrogens with zero attached hydrogens (tertiary/aromatic N) is 2. The molecule has 0 saturated heterocycles. The van der Waals surface area contributed by atoms with E-state index in [0.717, 1.165) is 0 Å². The van der Waals surface area contributed by atoms with E-state index in [-0.39, 0.29) is 5.02 Å². The van der Waals surface area contributed by atoms with Crippen molar-refractivity contribution in [1.29, 1.82) is 0 Å². The van der Waals surface area contributed by atoms with Crippen LogP contribution in [0.2, 0.25) is 5.02 Å². The molecular weight excluding hydrogens is 229 g/mol. The lowest BCUT2D eigenvalue weighted by molar-refractivity contribution is 0.631. The molecular formula is C11H11ClFN3. The van der Waals surface area contributed by atoms with Gasteiger partial charge in [-0.15, -0.1) is 0 Å². The number of hydrogen-bond donors (Lipinski definition) is 1. The van der Waals surface area contributed by atoms with Crippen molar-refractivity contribution < 1.29 is 4.39 Å². The zero-order valence-corrected chi connectivity index (χ0v) is 9.50. The lowest BCUT2D eigenvalue weighted by Crippen LogP contribution is -2.00. The SMILES string of the molecule is CCn1cnc(-c2cccc(Cl)c2F)c1N. The topological polar surface area (TPSA) is 43.8 Å². The van der Waals surface area contributed by atoms with Crippen molar-refractivity contribution in [2.24, 2.45) is 0 Å². The minimum atomic E-state index is -0.489. The molecule has 0 aliphatic rings. The van der Waals surface area contributed by atoms with Gasteiger partial charge in [-0.3, -0.25) is 0 Å². The first kappa shape index (κ1) is 11.0. The molecule has 1 heterocycles. The molecule has 0 aliphatic carbocycles. The smallest absolute Gasteiger partial charge is 0.151 e. The van der Waals surface area contributed by atoms with Gasteiger partial charge in [-0.2, -0.15) is 0 Å². The highest BCUT2D eigenvalue weighted by Crippen LogP contribution is 2.30. The molecule has 0 radical (unpaired) electrons. The predicted octanol–water partition coefficient (Wildman–Crippen LogP) is 2.94. The molecule has 0 bridgehead atoms. The van der Waals surface area contributed by atoms with E-state index >= 15 is 0 Å². The number of rotatable bonds is 2. The zero-order valence-electron chi connectivity index (χ0n) is 8.74. The van der Waals surface area contributed by atoms with Gasteiger partial charge in [0.25, 0.3) is 0 Å². The summed E-state index contributed by atoms with van der Waals surface area (Å²) in [6.07, 6.45) is 1.59. The predicted molar refractivity (Wildman–Crippen MR) is 62.7 cm³/mol. The molecule has 1 aromatic carbocycles. The van der Waals surface area contributed by atoms with Crippen molar-refractivity contribution >= 4 is 17.4 Å². The van der Waals surface area contributed by atoms with E-state index in [0.29, 0.717) is 23.6 Å². The van der Waals surface area contributed by atoms with Crippen LogP contribution in [-0.2, 0) is 6.54 Å². The number of hydrogen-bond acceptors (Lipinski definition) is 2. The third kappa shape index (κ3) is 1.65. The quantitative estimate of drug-likeness (QED) is 0.876. The van der Waals surface area contributed by atoms with Gasteiger partial charge in [0, 0.05) is 12.1 Å². The van der Waals surface area contributed by atoms with E-state index in [1.807, 2.05) is 6.92 Å². The van der Waals surface area contributed by atoms with Gasteiger partial charge in [-0.05, 0) is 19.1 Å². The highest BCUT2D eigenvalue weighted by molar-refractivity contribution is 6.31. The molecule has 0 spiro atoms. The van der Waals surface area contributed by atoms with E-state index in [1.165, 1.54) is 6.07 Å². The second-order valence-electron chi connectivity index (χ2n) is 3.37. The van der Waals surface area contributed by atoms with Crippen molar-refractivity contribution in [3.05, 3.63) is 35.4 Å². The minimum Gasteiger partial charge on any atom is -0.383 e. The summed E-state index contributed by atoms with van der Waals surface area (Å²) in [5, 5.41) is 0.0722. The Labute approximate surface area is 97.7 Å². The van der Waals surface area contributed by atoms with E-state index in [1.54, 1.807) is 23.0 Å². The monoisotopic (exact) mass is 239 g/mol. The molecule has 2 rings (SSSR count). The van der Waals surface area contributed by atoms with Crippen LogP contribution in [0, 0.1) is 5.82 Å². The van der Waals surface area contributed by atoms with Crippen LogP contribution in [0.25, 0.3) is 11.3 Å². The summed E-state index contributed by atoms with van der Waals surface area (Å²) in [6.45, 7) is 2.64. The number of imidazole rings is 1. The number of halogens is 2. The number of benzene rings is 1. The molecule has 2 N–H and O–H groups in total. The Balaban J connectivity index is 2.59. The third-order valence-corrected chi connectivity index (χ3v) is 2.72. The zero-order chi connectivity index (χ0) is 11.7. The van der Waals surface area contributed by atoms with Gasteiger partial charge < -0.3 is 10.3 Å². The maximum atomic E-state index is 13.7. The van der Waals surface area contributed by atoms with Gasteiger partial charge in [-0.1, -0.05) is 17.7 Å². The molecule has 5 heteroatoms. The van der Waals surface area contributed by atoms with Crippen LogP contribution < -0.4 is 5.73 Å². The first-order valence-electron chi connectivity index (χ1n) is 4.90. The molecule has 0 saturated carbocycles. The van der Waals surface area contributed by atoms with Crippen LogP contribution in [0.1, 0.15) is 6.92 Å². The second kappa shape index (κ2) is 4.14. The summed E-state index contributed by atoms with van der Waals surface area (Å²) in [4.78, 5) is 4.10. The van der Waals surface area contributed by atoms with Gasteiger partial charge in [0.2, 0.25) is 0 Å². The molecule has 16 heavy (non-hydrogen) atoms. The summed E-state index contributed by atoms with van der Waals surface area (Å²) in [5.74, 6) is -0.0408. The van der Waals surface area contributed by atoms with Crippen molar-refractivity contribution in [3.8, 4) is 11.3 Å². The lowest BCUT2D eigenvalue weighted by Gasteiger charge is -2.04. The largest absolute Gasteiger partial charge is 0.383 e. The van der Waals surface area contributed by atoms with Gasteiger partial charge in [0.15, 0.2) is 5.82 Å². The molecule has 0 unspecified atom stereocenters. The maximum absolute atomic E-state index is 13.7. The first-order chi connectivity index (χ1) is 7.65. The molecule has 0 atom stereocenters. The fraction of sp³-hybridized carbons (Fsp3) is 0.182. The van der Waals surface area contributed by atoms with Crippen LogP contribution >= 0.6 is 11.6 Å². The molecule has 84 valence electrons. The minimum absolute atomic E-state index is 0.0722. The maximum Gasteiger partial charge on any atom is 0.151 e.